The standard InChI is InChI=1S/C28H31FO8/c1-17(2)26(30)35-13-11-33-24-10-8-21(16-25(24)34-12-14-36-27(31)18(3)4)20-7-9-23(22(29)15-20)37-28(32)19(5)6/h7-10,15-17H,3,5,11-14H2,1-2,4,6H3. The van der Waals surface area contributed by atoms with Gasteiger partial charge in [0.2, 0.25) is 0 Å². The van der Waals surface area contributed by atoms with Crippen LogP contribution in [-0.4, -0.2) is 44.3 Å². The minimum absolute atomic E-state index is 0.0192. The first-order chi connectivity index (χ1) is 17.5. The van der Waals surface area contributed by atoms with E-state index in [1.165, 1.54) is 26.0 Å². The molecule has 0 amide bonds. The SMILES string of the molecule is C=C(C)C(=O)OCCOc1cc(-c2ccc(OC(=O)C(=C)C)c(F)c2)ccc1OCCOC(=O)C(C)C. The lowest BCUT2D eigenvalue weighted by Crippen LogP contribution is -2.16. The Hall–Kier alpha value is -4.14. The molecule has 0 saturated carbocycles. The van der Waals surface area contributed by atoms with E-state index in [1.807, 2.05) is 0 Å². The highest BCUT2D eigenvalue weighted by atomic mass is 19.1. The van der Waals surface area contributed by atoms with Gasteiger partial charge in [-0.25, -0.2) is 14.0 Å². The third kappa shape index (κ3) is 9.10. The minimum atomic E-state index is -0.728. The largest absolute Gasteiger partial charge is 0.486 e. The first-order valence-corrected chi connectivity index (χ1v) is 11.6. The number of esters is 3. The van der Waals surface area contributed by atoms with Gasteiger partial charge in [0, 0.05) is 11.1 Å². The summed E-state index contributed by atoms with van der Waals surface area (Å²) in [5.74, 6) is -2.15. The molecule has 0 N–H and O–H groups in total. The second-order valence-corrected chi connectivity index (χ2v) is 8.41. The third-order valence-electron chi connectivity index (χ3n) is 4.74. The minimum Gasteiger partial charge on any atom is -0.486 e. The number of benzene rings is 2. The van der Waals surface area contributed by atoms with Crippen LogP contribution in [0.5, 0.6) is 17.2 Å². The molecule has 0 fully saturated rings. The average Bonchev–Trinajstić information content (AvgIpc) is 2.85. The van der Waals surface area contributed by atoms with Crippen molar-refractivity contribution in [2.45, 2.75) is 27.7 Å². The number of carbonyl (C=O) groups is 3. The van der Waals surface area contributed by atoms with Crippen LogP contribution in [0.1, 0.15) is 27.7 Å². The van der Waals surface area contributed by atoms with Gasteiger partial charge < -0.3 is 23.7 Å². The van der Waals surface area contributed by atoms with Crippen LogP contribution in [0, 0.1) is 11.7 Å². The molecule has 0 spiro atoms. The molecule has 2 aromatic carbocycles. The van der Waals surface area contributed by atoms with E-state index >= 15 is 0 Å². The third-order valence-corrected chi connectivity index (χ3v) is 4.74. The summed E-state index contributed by atoms with van der Waals surface area (Å²) in [6, 6.07) is 9.10. The molecule has 0 aliphatic heterocycles. The van der Waals surface area contributed by atoms with E-state index in [0.717, 1.165) is 0 Å². The molecule has 0 aliphatic rings. The Labute approximate surface area is 215 Å². The van der Waals surface area contributed by atoms with Crippen molar-refractivity contribution in [3.63, 3.8) is 0 Å². The van der Waals surface area contributed by atoms with Crippen LogP contribution in [0.2, 0.25) is 0 Å². The second-order valence-electron chi connectivity index (χ2n) is 8.41. The van der Waals surface area contributed by atoms with E-state index in [4.69, 9.17) is 23.7 Å². The van der Waals surface area contributed by atoms with Gasteiger partial charge in [0.1, 0.15) is 26.4 Å². The Morgan fingerprint density at radius 1 is 0.757 bits per heavy atom. The maximum absolute atomic E-state index is 14.6. The fourth-order valence-corrected chi connectivity index (χ4v) is 2.74. The van der Waals surface area contributed by atoms with Crippen molar-refractivity contribution in [1.29, 1.82) is 0 Å². The Kier molecular flexibility index (Phi) is 10.9. The summed E-state index contributed by atoms with van der Waals surface area (Å²) < 4.78 is 41.2. The summed E-state index contributed by atoms with van der Waals surface area (Å²) in [6.07, 6.45) is 0. The summed E-state index contributed by atoms with van der Waals surface area (Å²) in [4.78, 5) is 34.9. The Balaban J connectivity index is 2.19. The maximum atomic E-state index is 14.6. The van der Waals surface area contributed by atoms with Gasteiger partial charge in [-0.1, -0.05) is 39.1 Å². The molecular weight excluding hydrogens is 483 g/mol. The van der Waals surface area contributed by atoms with Crippen LogP contribution in [0.15, 0.2) is 60.7 Å². The van der Waals surface area contributed by atoms with E-state index in [1.54, 1.807) is 38.1 Å². The zero-order valence-corrected chi connectivity index (χ0v) is 21.4. The predicted molar refractivity (Wildman–Crippen MR) is 135 cm³/mol. The van der Waals surface area contributed by atoms with Crippen molar-refractivity contribution in [3.8, 4) is 28.4 Å². The van der Waals surface area contributed by atoms with Crippen LogP contribution >= 0.6 is 0 Å². The number of hydrogen-bond acceptors (Lipinski definition) is 8. The molecular formula is C28H31FO8. The molecule has 0 saturated heterocycles. The fourth-order valence-electron chi connectivity index (χ4n) is 2.74. The fraction of sp³-hybridized carbons (Fsp3) is 0.321. The van der Waals surface area contributed by atoms with E-state index in [2.05, 4.69) is 13.2 Å². The number of carbonyl (C=O) groups excluding carboxylic acids is 3. The number of ether oxygens (including phenoxy) is 5. The number of rotatable bonds is 13. The number of hydrogen-bond donors (Lipinski definition) is 0. The summed E-state index contributed by atoms with van der Waals surface area (Å²) in [5.41, 5.74) is 1.49. The normalized spacial score (nSPS) is 10.4. The van der Waals surface area contributed by atoms with Crippen LogP contribution in [0.3, 0.4) is 0 Å². The molecule has 198 valence electrons. The molecule has 2 rings (SSSR count). The average molecular weight is 515 g/mol. The molecule has 0 aliphatic carbocycles. The smallest absolute Gasteiger partial charge is 0.338 e. The van der Waals surface area contributed by atoms with Gasteiger partial charge in [-0.05, 0) is 49.2 Å². The summed E-state index contributed by atoms with van der Waals surface area (Å²) in [7, 11) is 0. The monoisotopic (exact) mass is 514 g/mol. The maximum Gasteiger partial charge on any atom is 0.338 e. The topological polar surface area (TPSA) is 97.4 Å². The highest BCUT2D eigenvalue weighted by Gasteiger charge is 2.14. The molecule has 2 aromatic rings. The molecule has 0 heterocycles. The van der Waals surface area contributed by atoms with E-state index < -0.39 is 17.8 Å². The molecule has 9 heteroatoms. The van der Waals surface area contributed by atoms with Crippen molar-refractivity contribution < 1.29 is 42.5 Å². The Bertz CT molecular complexity index is 1170. The van der Waals surface area contributed by atoms with Crippen molar-refractivity contribution in [3.05, 3.63) is 66.5 Å². The molecule has 0 radical (unpaired) electrons. The van der Waals surface area contributed by atoms with E-state index in [9.17, 15) is 18.8 Å². The molecule has 0 unspecified atom stereocenters. The lowest BCUT2D eigenvalue weighted by Gasteiger charge is -2.15. The van der Waals surface area contributed by atoms with Gasteiger partial charge in [-0.15, -0.1) is 0 Å². The first-order valence-electron chi connectivity index (χ1n) is 11.6. The van der Waals surface area contributed by atoms with Gasteiger partial charge in [-0.3, -0.25) is 4.79 Å². The van der Waals surface area contributed by atoms with Crippen LogP contribution in [0.25, 0.3) is 11.1 Å². The van der Waals surface area contributed by atoms with Crippen LogP contribution in [0.4, 0.5) is 4.39 Å². The number of halogens is 1. The highest BCUT2D eigenvalue weighted by Crippen LogP contribution is 2.34. The Morgan fingerprint density at radius 3 is 1.86 bits per heavy atom. The quantitative estimate of drug-likeness (QED) is 0.159. The molecule has 0 aromatic heterocycles. The first kappa shape index (κ1) is 29.1. The highest BCUT2D eigenvalue weighted by molar-refractivity contribution is 5.89. The van der Waals surface area contributed by atoms with Crippen LogP contribution < -0.4 is 14.2 Å². The van der Waals surface area contributed by atoms with Gasteiger partial charge in [0.15, 0.2) is 23.1 Å². The van der Waals surface area contributed by atoms with E-state index in [-0.39, 0.29) is 55.2 Å². The zero-order valence-electron chi connectivity index (χ0n) is 21.4. The summed E-state index contributed by atoms with van der Waals surface area (Å²) >= 11 is 0. The van der Waals surface area contributed by atoms with Crippen molar-refractivity contribution in [2.75, 3.05) is 26.4 Å². The summed E-state index contributed by atoms with van der Waals surface area (Å²) in [6.45, 7) is 13.6. The lowest BCUT2D eigenvalue weighted by atomic mass is 10.0. The second kappa shape index (κ2) is 13.8. The van der Waals surface area contributed by atoms with Crippen molar-refractivity contribution >= 4 is 17.9 Å². The molecule has 0 atom stereocenters. The van der Waals surface area contributed by atoms with E-state index in [0.29, 0.717) is 22.6 Å². The van der Waals surface area contributed by atoms with Crippen molar-refractivity contribution in [1.82, 2.24) is 0 Å². The molecule has 0 bridgehead atoms. The van der Waals surface area contributed by atoms with Gasteiger partial charge in [0.05, 0.1) is 5.92 Å². The zero-order chi connectivity index (χ0) is 27.5. The summed E-state index contributed by atoms with van der Waals surface area (Å²) in [5, 5.41) is 0. The Morgan fingerprint density at radius 2 is 1.30 bits per heavy atom. The molecule has 8 nitrogen and oxygen atoms in total. The molecule has 37 heavy (non-hydrogen) atoms. The van der Waals surface area contributed by atoms with Gasteiger partial charge in [0.25, 0.3) is 0 Å². The lowest BCUT2D eigenvalue weighted by molar-refractivity contribution is -0.148. The van der Waals surface area contributed by atoms with Gasteiger partial charge >= 0.3 is 17.9 Å². The van der Waals surface area contributed by atoms with Crippen molar-refractivity contribution in [2.24, 2.45) is 5.92 Å². The predicted octanol–water partition coefficient (Wildman–Crippen LogP) is 5.05. The van der Waals surface area contributed by atoms with Crippen LogP contribution in [-0.2, 0) is 23.9 Å². The van der Waals surface area contributed by atoms with Gasteiger partial charge in [-0.2, -0.15) is 0 Å².